The molecule has 0 bridgehead atoms. The van der Waals surface area contributed by atoms with E-state index in [1.54, 1.807) is 0 Å². The highest BCUT2D eigenvalue weighted by atomic mass is 16.2. The average Bonchev–Trinajstić information content (AvgIpc) is 2.80. The number of carbonyl (C=O) groups excluding carboxylic acids is 2. The number of hydrogen-bond donors (Lipinski definition) is 0. The molecule has 4 rings (SSSR count). The Morgan fingerprint density at radius 3 is 1.90 bits per heavy atom. The van der Waals surface area contributed by atoms with E-state index in [2.05, 4.69) is 24.3 Å². The van der Waals surface area contributed by atoms with Gasteiger partial charge in [-0.3, -0.25) is 9.59 Å². The molecule has 152 valence electrons. The zero-order valence-electron chi connectivity index (χ0n) is 17.2. The molecule has 3 aromatic rings. The predicted octanol–water partition coefficient (Wildman–Crippen LogP) is 5.76. The Morgan fingerprint density at radius 1 is 0.800 bits per heavy atom. The number of rotatable bonds is 6. The first-order valence-electron chi connectivity index (χ1n) is 10.7. The van der Waals surface area contributed by atoms with E-state index in [4.69, 9.17) is 0 Å². The van der Waals surface area contributed by atoms with Crippen LogP contribution in [0.1, 0.15) is 58.6 Å². The first-order valence-corrected chi connectivity index (χ1v) is 10.7. The summed E-state index contributed by atoms with van der Waals surface area (Å²) in [7, 11) is 0. The molecule has 0 spiro atoms. The third-order valence-corrected chi connectivity index (χ3v) is 5.83. The standard InChI is InChI=1S/C27H27NO2/c29-26-13-7-12-25(18-26)23-14-16-24(17-15-23)27(30)28(19-21-8-3-1-4-9-21)20-22-10-5-2-6-11-22/h1-6,8-11,14-17,25H,7,12-13,18-20H2. The molecule has 0 aliphatic heterocycles. The lowest BCUT2D eigenvalue weighted by atomic mass is 9.83. The summed E-state index contributed by atoms with van der Waals surface area (Å²) in [5.74, 6) is 0.664. The third-order valence-electron chi connectivity index (χ3n) is 5.83. The van der Waals surface area contributed by atoms with Crippen LogP contribution in [0.3, 0.4) is 0 Å². The van der Waals surface area contributed by atoms with Crippen LogP contribution in [-0.2, 0) is 17.9 Å². The van der Waals surface area contributed by atoms with E-state index >= 15 is 0 Å². The zero-order valence-corrected chi connectivity index (χ0v) is 17.2. The fourth-order valence-electron chi connectivity index (χ4n) is 4.20. The van der Waals surface area contributed by atoms with Crippen molar-refractivity contribution < 1.29 is 9.59 Å². The van der Waals surface area contributed by atoms with Gasteiger partial charge in [0, 0.05) is 31.5 Å². The molecule has 0 saturated heterocycles. The van der Waals surface area contributed by atoms with Crippen molar-refractivity contribution in [2.24, 2.45) is 0 Å². The van der Waals surface area contributed by atoms with Crippen LogP contribution in [0.15, 0.2) is 84.9 Å². The summed E-state index contributed by atoms with van der Waals surface area (Å²) in [6.07, 6.45) is 3.35. The Labute approximate surface area is 178 Å². The minimum absolute atomic E-state index is 0.0222. The van der Waals surface area contributed by atoms with Crippen molar-refractivity contribution in [3.63, 3.8) is 0 Å². The summed E-state index contributed by atoms with van der Waals surface area (Å²) in [5.41, 5.74) is 4.07. The second kappa shape index (κ2) is 9.53. The SMILES string of the molecule is O=C1CCCC(c2ccc(C(=O)N(Cc3ccccc3)Cc3ccccc3)cc2)C1. The molecule has 0 heterocycles. The van der Waals surface area contributed by atoms with Gasteiger partial charge in [0.15, 0.2) is 0 Å². The average molecular weight is 398 g/mol. The molecule has 1 unspecified atom stereocenters. The van der Waals surface area contributed by atoms with E-state index in [-0.39, 0.29) is 5.91 Å². The van der Waals surface area contributed by atoms with Gasteiger partial charge in [0.2, 0.25) is 0 Å². The van der Waals surface area contributed by atoms with Crippen molar-refractivity contribution in [1.82, 2.24) is 4.90 Å². The van der Waals surface area contributed by atoms with Gasteiger partial charge >= 0.3 is 0 Å². The van der Waals surface area contributed by atoms with Gasteiger partial charge in [-0.1, -0.05) is 72.8 Å². The quantitative estimate of drug-likeness (QED) is 0.531. The normalized spacial score (nSPS) is 16.3. The van der Waals surface area contributed by atoms with E-state index in [0.29, 0.717) is 43.2 Å². The molecule has 1 fully saturated rings. The first-order chi connectivity index (χ1) is 14.7. The Morgan fingerprint density at radius 2 is 1.37 bits per heavy atom. The van der Waals surface area contributed by atoms with Gasteiger partial charge in [-0.15, -0.1) is 0 Å². The number of Topliss-reactive ketones (excluding diaryl/α,β-unsaturated/α-hetero) is 1. The molecule has 1 atom stereocenters. The lowest BCUT2D eigenvalue weighted by Gasteiger charge is -2.24. The van der Waals surface area contributed by atoms with Crippen LogP contribution in [0.4, 0.5) is 0 Å². The fraction of sp³-hybridized carbons (Fsp3) is 0.259. The molecule has 0 N–H and O–H groups in total. The molecular weight excluding hydrogens is 370 g/mol. The third kappa shape index (κ3) is 5.04. The van der Waals surface area contributed by atoms with Gasteiger partial charge < -0.3 is 4.90 Å². The van der Waals surface area contributed by atoms with Crippen LogP contribution in [0.5, 0.6) is 0 Å². The summed E-state index contributed by atoms with van der Waals surface area (Å²) in [6.45, 7) is 1.13. The van der Waals surface area contributed by atoms with Gasteiger partial charge in [-0.25, -0.2) is 0 Å². The fourth-order valence-corrected chi connectivity index (χ4v) is 4.20. The first kappa shape index (κ1) is 20.1. The number of nitrogens with zero attached hydrogens (tertiary/aromatic N) is 1. The minimum atomic E-state index is 0.0222. The summed E-state index contributed by atoms with van der Waals surface area (Å²) in [6, 6.07) is 28.1. The Balaban J connectivity index is 1.53. The van der Waals surface area contributed by atoms with Crippen molar-refractivity contribution >= 4 is 11.7 Å². The lowest BCUT2D eigenvalue weighted by molar-refractivity contribution is -0.120. The monoisotopic (exact) mass is 397 g/mol. The van der Waals surface area contributed by atoms with Crippen molar-refractivity contribution in [2.45, 2.75) is 44.7 Å². The van der Waals surface area contributed by atoms with Gasteiger partial charge in [-0.2, -0.15) is 0 Å². The number of hydrogen-bond acceptors (Lipinski definition) is 2. The smallest absolute Gasteiger partial charge is 0.254 e. The molecule has 0 aromatic heterocycles. The number of benzene rings is 3. The maximum absolute atomic E-state index is 13.4. The van der Waals surface area contributed by atoms with Gasteiger partial charge in [0.05, 0.1) is 0 Å². The maximum atomic E-state index is 13.4. The maximum Gasteiger partial charge on any atom is 0.254 e. The van der Waals surface area contributed by atoms with E-state index in [0.717, 1.165) is 29.5 Å². The predicted molar refractivity (Wildman–Crippen MR) is 119 cm³/mol. The molecule has 1 saturated carbocycles. The van der Waals surface area contributed by atoms with E-state index in [1.165, 1.54) is 0 Å². The molecule has 30 heavy (non-hydrogen) atoms. The van der Waals surface area contributed by atoms with Crippen molar-refractivity contribution in [2.75, 3.05) is 0 Å². The summed E-state index contributed by atoms with van der Waals surface area (Å²) in [4.78, 5) is 27.1. The summed E-state index contributed by atoms with van der Waals surface area (Å²) < 4.78 is 0. The molecule has 3 heteroatoms. The zero-order chi connectivity index (χ0) is 20.8. The summed E-state index contributed by atoms with van der Waals surface area (Å²) >= 11 is 0. The van der Waals surface area contributed by atoms with Crippen LogP contribution in [0.2, 0.25) is 0 Å². The van der Waals surface area contributed by atoms with Crippen LogP contribution in [0, 0.1) is 0 Å². The topological polar surface area (TPSA) is 37.4 Å². The number of ketones is 1. The molecule has 3 nitrogen and oxygen atoms in total. The van der Waals surface area contributed by atoms with Crippen molar-refractivity contribution in [3.8, 4) is 0 Å². The molecule has 1 amide bonds. The second-order valence-electron chi connectivity index (χ2n) is 8.09. The number of amides is 1. The Kier molecular flexibility index (Phi) is 6.38. The minimum Gasteiger partial charge on any atom is -0.330 e. The molecule has 3 aromatic carbocycles. The van der Waals surface area contributed by atoms with E-state index < -0.39 is 0 Å². The van der Waals surface area contributed by atoms with E-state index in [9.17, 15) is 9.59 Å². The van der Waals surface area contributed by atoms with E-state index in [1.807, 2.05) is 65.6 Å². The Bertz CT molecular complexity index is 939. The van der Waals surface area contributed by atoms with Crippen molar-refractivity contribution in [3.05, 3.63) is 107 Å². The number of carbonyl (C=O) groups is 2. The van der Waals surface area contributed by atoms with Crippen LogP contribution >= 0.6 is 0 Å². The van der Waals surface area contributed by atoms with Gasteiger partial charge in [0.1, 0.15) is 5.78 Å². The highest BCUT2D eigenvalue weighted by molar-refractivity contribution is 5.94. The van der Waals surface area contributed by atoms with Gasteiger partial charge in [0.25, 0.3) is 5.91 Å². The highest BCUT2D eigenvalue weighted by Gasteiger charge is 2.22. The Hall–Kier alpha value is -3.20. The van der Waals surface area contributed by atoms with Crippen LogP contribution in [0.25, 0.3) is 0 Å². The molecule has 1 aliphatic rings. The molecule has 0 radical (unpaired) electrons. The van der Waals surface area contributed by atoms with Crippen LogP contribution < -0.4 is 0 Å². The van der Waals surface area contributed by atoms with Crippen LogP contribution in [-0.4, -0.2) is 16.6 Å². The summed E-state index contributed by atoms with van der Waals surface area (Å²) in [5, 5.41) is 0. The lowest BCUT2D eigenvalue weighted by Crippen LogP contribution is -2.30. The van der Waals surface area contributed by atoms with Crippen molar-refractivity contribution in [1.29, 1.82) is 0 Å². The molecular formula is C27H27NO2. The molecule has 1 aliphatic carbocycles. The highest BCUT2D eigenvalue weighted by Crippen LogP contribution is 2.31. The second-order valence-corrected chi connectivity index (χ2v) is 8.09. The largest absolute Gasteiger partial charge is 0.330 e. The van der Waals surface area contributed by atoms with Gasteiger partial charge in [-0.05, 0) is 47.6 Å².